The van der Waals surface area contributed by atoms with Crippen LogP contribution in [0.15, 0.2) is 81.7 Å². The van der Waals surface area contributed by atoms with Crippen LogP contribution >= 0.6 is 15.9 Å². The predicted octanol–water partition coefficient (Wildman–Crippen LogP) is 6.56. The Balaban J connectivity index is 1.73. The molecule has 0 unspecified atom stereocenters. The maximum Gasteiger partial charge on any atom is 0.227 e. The second kappa shape index (κ2) is 5.18. The van der Waals surface area contributed by atoms with Crippen molar-refractivity contribution in [1.29, 1.82) is 0 Å². The van der Waals surface area contributed by atoms with Crippen LogP contribution in [0.25, 0.3) is 44.1 Å². The monoisotopic (exact) mass is 373 g/mol. The van der Waals surface area contributed by atoms with Gasteiger partial charge in [-0.15, -0.1) is 0 Å². The minimum atomic E-state index is 0.661. The molecule has 4 aromatic carbocycles. The highest BCUT2D eigenvalue weighted by Crippen LogP contribution is 2.31. The highest BCUT2D eigenvalue weighted by Gasteiger charge is 2.09. The molecule has 0 N–H and O–H groups in total. The normalized spacial score (nSPS) is 11.5. The summed E-state index contributed by atoms with van der Waals surface area (Å²) in [5, 5.41) is 4.90. The number of para-hydroxylation sites is 2. The van der Waals surface area contributed by atoms with Gasteiger partial charge in [-0.2, -0.15) is 0 Å². The summed E-state index contributed by atoms with van der Waals surface area (Å²) >= 11 is 3.53. The van der Waals surface area contributed by atoms with E-state index in [1.807, 2.05) is 24.3 Å². The molecule has 0 aliphatic carbocycles. The van der Waals surface area contributed by atoms with Gasteiger partial charge in [-0.25, -0.2) is 4.98 Å². The molecule has 2 nitrogen and oxygen atoms in total. The summed E-state index contributed by atoms with van der Waals surface area (Å²) in [5.41, 5.74) is 2.70. The van der Waals surface area contributed by atoms with Gasteiger partial charge in [0, 0.05) is 10.0 Å². The van der Waals surface area contributed by atoms with Crippen molar-refractivity contribution < 1.29 is 4.42 Å². The molecule has 1 aromatic heterocycles. The maximum atomic E-state index is 5.89. The Labute approximate surface area is 146 Å². The number of fused-ring (bicyclic) bond motifs is 4. The summed E-state index contributed by atoms with van der Waals surface area (Å²) in [7, 11) is 0. The molecule has 0 saturated heterocycles. The first-order valence-electron chi connectivity index (χ1n) is 7.76. The van der Waals surface area contributed by atoms with Crippen LogP contribution in [-0.2, 0) is 0 Å². The number of hydrogen-bond donors (Lipinski definition) is 0. The topological polar surface area (TPSA) is 26.0 Å². The standard InChI is InChI=1S/C21H12BrNO/c22-16-8-10-18-14(12-16)6-5-13-11-15(7-9-17(13)18)21-23-19-3-1-2-4-20(19)24-21/h1-12H. The van der Waals surface area contributed by atoms with Gasteiger partial charge in [0.1, 0.15) is 5.52 Å². The zero-order valence-corrected chi connectivity index (χ0v) is 14.2. The lowest BCUT2D eigenvalue weighted by Crippen LogP contribution is -1.81. The van der Waals surface area contributed by atoms with Gasteiger partial charge in [-0.3, -0.25) is 0 Å². The minimum Gasteiger partial charge on any atom is -0.436 e. The average Bonchev–Trinajstić information content (AvgIpc) is 3.05. The van der Waals surface area contributed by atoms with Crippen molar-refractivity contribution >= 4 is 48.6 Å². The third-order valence-corrected chi connectivity index (χ3v) is 4.83. The molecular formula is C21H12BrNO. The van der Waals surface area contributed by atoms with Gasteiger partial charge in [-0.1, -0.05) is 52.3 Å². The zero-order valence-electron chi connectivity index (χ0n) is 12.7. The first-order chi connectivity index (χ1) is 11.8. The van der Waals surface area contributed by atoms with Crippen LogP contribution in [0, 0.1) is 0 Å². The fourth-order valence-electron chi connectivity index (χ4n) is 3.17. The van der Waals surface area contributed by atoms with Gasteiger partial charge in [-0.05, 0) is 57.9 Å². The maximum absolute atomic E-state index is 5.89. The van der Waals surface area contributed by atoms with E-state index in [1.165, 1.54) is 21.5 Å². The summed E-state index contributed by atoms with van der Waals surface area (Å²) in [6.07, 6.45) is 0. The lowest BCUT2D eigenvalue weighted by molar-refractivity contribution is 0.620. The van der Waals surface area contributed by atoms with Crippen LogP contribution in [-0.4, -0.2) is 4.98 Å². The lowest BCUT2D eigenvalue weighted by Gasteiger charge is -2.06. The largest absolute Gasteiger partial charge is 0.436 e. The van der Waals surface area contributed by atoms with Crippen LogP contribution in [0.3, 0.4) is 0 Å². The Kier molecular flexibility index (Phi) is 2.97. The van der Waals surface area contributed by atoms with E-state index in [4.69, 9.17) is 4.42 Å². The molecule has 0 aliphatic rings. The summed E-state index contributed by atoms with van der Waals surface area (Å²) in [4.78, 5) is 4.59. The van der Waals surface area contributed by atoms with Gasteiger partial charge in [0.15, 0.2) is 5.58 Å². The van der Waals surface area contributed by atoms with Gasteiger partial charge in [0.2, 0.25) is 5.89 Å². The summed E-state index contributed by atoms with van der Waals surface area (Å²) < 4.78 is 6.98. The lowest BCUT2D eigenvalue weighted by atomic mass is 10.0. The minimum absolute atomic E-state index is 0.661. The van der Waals surface area contributed by atoms with E-state index < -0.39 is 0 Å². The number of rotatable bonds is 1. The molecule has 5 aromatic rings. The Morgan fingerprint density at radius 1 is 0.750 bits per heavy atom. The molecule has 3 heteroatoms. The molecule has 0 amide bonds. The molecule has 5 rings (SSSR count). The Morgan fingerprint density at radius 2 is 1.50 bits per heavy atom. The first-order valence-corrected chi connectivity index (χ1v) is 8.55. The van der Waals surface area contributed by atoms with E-state index >= 15 is 0 Å². The molecule has 0 atom stereocenters. The predicted molar refractivity (Wildman–Crippen MR) is 102 cm³/mol. The van der Waals surface area contributed by atoms with Crippen molar-refractivity contribution in [2.24, 2.45) is 0 Å². The van der Waals surface area contributed by atoms with E-state index in [9.17, 15) is 0 Å². The summed E-state index contributed by atoms with van der Waals surface area (Å²) in [6.45, 7) is 0. The molecule has 1 heterocycles. The van der Waals surface area contributed by atoms with E-state index in [-0.39, 0.29) is 0 Å². The smallest absolute Gasteiger partial charge is 0.227 e. The fourth-order valence-corrected chi connectivity index (χ4v) is 3.55. The Bertz CT molecular complexity index is 1190. The molecule has 0 bridgehead atoms. The number of benzene rings is 4. The van der Waals surface area contributed by atoms with E-state index in [1.54, 1.807) is 0 Å². The van der Waals surface area contributed by atoms with Crippen molar-refractivity contribution in [3.8, 4) is 11.5 Å². The van der Waals surface area contributed by atoms with Gasteiger partial charge < -0.3 is 4.42 Å². The van der Waals surface area contributed by atoms with Crippen molar-refractivity contribution in [2.75, 3.05) is 0 Å². The first kappa shape index (κ1) is 13.8. The highest BCUT2D eigenvalue weighted by atomic mass is 79.9. The van der Waals surface area contributed by atoms with Gasteiger partial charge in [0.05, 0.1) is 0 Å². The number of nitrogens with zero attached hydrogens (tertiary/aromatic N) is 1. The number of aromatic nitrogens is 1. The van der Waals surface area contributed by atoms with Crippen LogP contribution in [0.4, 0.5) is 0 Å². The summed E-state index contributed by atoms with van der Waals surface area (Å²) in [6, 6.07) is 24.9. The molecule has 24 heavy (non-hydrogen) atoms. The third kappa shape index (κ3) is 2.13. The third-order valence-electron chi connectivity index (χ3n) is 4.34. The Morgan fingerprint density at radius 3 is 2.33 bits per heavy atom. The quantitative estimate of drug-likeness (QED) is 0.311. The SMILES string of the molecule is Brc1ccc2c(ccc3cc(-c4nc5ccccc5o4)ccc32)c1. The second-order valence-corrected chi connectivity index (χ2v) is 6.77. The van der Waals surface area contributed by atoms with Crippen molar-refractivity contribution in [3.05, 3.63) is 77.3 Å². The van der Waals surface area contributed by atoms with Crippen molar-refractivity contribution in [3.63, 3.8) is 0 Å². The zero-order chi connectivity index (χ0) is 16.1. The van der Waals surface area contributed by atoms with E-state index in [0.717, 1.165) is 21.1 Å². The van der Waals surface area contributed by atoms with Crippen LogP contribution in [0.2, 0.25) is 0 Å². The fraction of sp³-hybridized carbons (Fsp3) is 0. The highest BCUT2D eigenvalue weighted by molar-refractivity contribution is 9.10. The van der Waals surface area contributed by atoms with Crippen LogP contribution < -0.4 is 0 Å². The van der Waals surface area contributed by atoms with Crippen LogP contribution in [0.1, 0.15) is 0 Å². The molecule has 114 valence electrons. The number of hydrogen-bond acceptors (Lipinski definition) is 2. The number of oxazole rings is 1. The van der Waals surface area contributed by atoms with E-state index in [0.29, 0.717) is 5.89 Å². The summed E-state index contributed by atoms with van der Waals surface area (Å²) in [5.74, 6) is 0.661. The van der Waals surface area contributed by atoms with E-state index in [2.05, 4.69) is 69.4 Å². The Hall–Kier alpha value is -2.65. The second-order valence-electron chi connectivity index (χ2n) is 5.85. The molecular weight excluding hydrogens is 362 g/mol. The van der Waals surface area contributed by atoms with Crippen molar-refractivity contribution in [1.82, 2.24) is 4.98 Å². The van der Waals surface area contributed by atoms with Gasteiger partial charge in [0.25, 0.3) is 0 Å². The molecule has 0 spiro atoms. The van der Waals surface area contributed by atoms with Crippen molar-refractivity contribution in [2.45, 2.75) is 0 Å². The molecule has 0 radical (unpaired) electrons. The average molecular weight is 374 g/mol. The van der Waals surface area contributed by atoms with Crippen LogP contribution in [0.5, 0.6) is 0 Å². The molecule has 0 saturated carbocycles. The molecule has 0 aliphatic heterocycles. The number of halogens is 1. The van der Waals surface area contributed by atoms with Gasteiger partial charge >= 0.3 is 0 Å². The molecule has 0 fully saturated rings.